The van der Waals surface area contributed by atoms with Crippen molar-refractivity contribution in [1.29, 1.82) is 0 Å². The van der Waals surface area contributed by atoms with E-state index in [9.17, 15) is 28.3 Å². The SMILES string of the molecule is CC(C)(C)OC(=O)N1CCC(C(=O)O)(N(C(=O)OCC2c3ccccc3-c3ccccc32)C2CC(F)(F)C2)C1. The standard InChI is InChI=1S/C29H32F2N2O6/c1-27(2,3)39-25(36)32-13-12-28(17-32,24(34)35)33(18-14-29(30,31)15-18)26(37)38-16-23-21-10-6-4-8-19(21)20-9-5-7-11-22(20)23/h4-11,18,23H,12-17H2,1-3H3,(H,34,35). The topological polar surface area (TPSA) is 96.4 Å². The number of benzene rings is 2. The Labute approximate surface area is 225 Å². The number of hydrogen-bond acceptors (Lipinski definition) is 5. The van der Waals surface area contributed by atoms with Crippen molar-refractivity contribution in [2.45, 2.75) is 69.1 Å². The van der Waals surface area contributed by atoms with Crippen molar-refractivity contribution >= 4 is 18.2 Å². The van der Waals surface area contributed by atoms with Crippen LogP contribution in [0.25, 0.3) is 11.1 Å². The fourth-order valence-electron chi connectivity index (χ4n) is 5.90. The molecule has 1 saturated heterocycles. The van der Waals surface area contributed by atoms with Crippen LogP contribution in [0.15, 0.2) is 48.5 Å². The number of carbonyl (C=O) groups excluding carboxylic acids is 2. The third-order valence-corrected chi connectivity index (χ3v) is 7.73. The highest BCUT2D eigenvalue weighted by Gasteiger charge is 2.61. The number of alkyl halides is 2. The van der Waals surface area contributed by atoms with E-state index in [4.69, 9.17) is 9.47 Å². The maximum atomic E-state index is 14.0. The van der Waals surface area contributed by atoms with Gasteiger partial charge in [0.1, 0.15) is 12.2 Å². The summed E-state index contributed by atoms with van der Waals surface area (Å²) in [5, 5.41) is 10.3. The molecule has 2 fully saturated rings. The van der Waals surface area contributed by atoms with Crippen LogP contribution in [0, 0.1) is 0 Å². The number of rotatable bonds is 5. The van der Waals surface area contributed by atoms with E-state index in [1.165, 1.54) is 4.90 Å². The van der Waals surface area contributed by atoms with E-state index in [-0.39, 0.29) is 32.0 Å². The van der Waals surface area contributed by atoms with Gasteiger partial charge in [-0.25, -0.2) is 23.2 Å². The van der Waals surface area contributed by atoms with Gasteiger partial charge in [-0.2, -0.15) is 0 Å². The fraction of sp³-hybridized carbons (Fsp3) is 0.483. The number of ether oxygens (including phenoxy) is 2. The van der Waals surface area contributed by atoms with E-state index in [1.54, 1.807) is 20.8 Å². The number of carbonyl (C=O) groups is 3. The monoisotopic (exact) mass is 542 g/mol. The minimum atomic E-state index is -3.00. The minimum Gasteiger partial charge on any atom is -0.479 e. The highest BCUT2D eigenvalue weighted by molar-refractivity contribution is 5.87. The Bertz CT molecular complexity index is 1260. The van der Waals surface area contributed by atoms with Gasteiger partial charge in [-0.05, 0) is 43.0 Å². The molecule has 8 nitrogen and oxygen atoms in total. The average molecular weight is 543 g/mol. The Morgan fingerprint density at radius 3 is 2.10 bits per heavy atom. The number of halogens is 2. The van der Waals surface area contributed by atoms with Crippen LogP contribution in [-0.4, -0.2) is 75.9 Å². The summed E-state index contributed by atoms with van der Waals surface area (Å²) in [5.41, 5.74) is 1.26. The maximum absolute atomic E-state index is 14.0. The smallest absolute Gasteiger partial charge is 0.411 e. The second-order valence-electron chi connectivity index (χ2n) is 11.6. The molecule has 5 rings (SSSR count). The zero-order valence-corrected chi connectivity index (χ0v) is 22.2. The Kier molecular flexibility index (Phi) is 6.55. The second kappa shape index (κ2) is 9.50. The first-order valence-electron chi connectivity index (χ1n) is 13.0. The van der Waals surface area contributed by atoms with Crippen LogP contribution >= 0.6 is 0 Å². The zero-order chi connectivity index (χ0) is 28.2. The molecule has 39 heavy (non-hydrogen) atoms. The number of amides is 2. The summed E-state index contributed by atoms with van der Waals surface area (Å²) in [5.74, 6) is -4.67. The molecule has 10 heteroatoms. The van der Waals surface area contributed by atoms with E-state index < -0.39 is 54.1 Å². The molecule has 0 radical (unpaired) electrons. The van der Waals surface area contributed by atoms with Crippen molar-refractivity contribution in [1.82, 2.24) is 9.80 Å². The van der Waals surface area contributed by atoms with Crippen molar-refractivity contribution in [2.24, 2.45) is 0 Å². The molecule has 2 aromatic rings. The number of likely N-dealkylation sites (tertiary alicyclic amines) is 1. The van der Waals surface area contributed by atoms with E-state index in [1.807, 2.05) is 48.5 Å². The Balaban J connectivity index is 1.40. The van der Waals surface area contributed by atoms with Crippen molar-refractivity contribution in [3.05, 3.63) is 59.7 Å². The summed E-state index contributed by atoms with van der Waals surface area (Å²) >= 11 is 0. The summed E-state index contributed by atoms with van der Waals surface area (Å²) in [6.07, 6.45) is -3.17. The number of carboxylic acids is 1. The van der Waals surface area contributed by atoms with Gasteiger partial charge in [0.25, 0.3) is 5.92 Å². The normalized spacial score (nSPS) is 22.0. The van der Waals surface area contributed by atoms with Crippen molar-refractivity contribution in [2.75, 3.05) is 19.7 Å². The molecule has 208 valence electrons. The van der Waals surface area contributed by atoms with Gasteiger partial charge in [-0.15, -0.1) is 0 Å². The Hall–Kier alpha value is -3.69. The fourth-order valence-corrected chi connectivity index (χ4v) is 5.90. The summed E-state index contributed by atoms with van der Waals surface area (Å²) in [6, 6.07) is 14.5. The van der Waals surface area contributed by atoms with Crippen molar-refractivity contribution < 1.29 is 37.7 Å². The third kappa shape index (κ3) is 4.92. The summed E-state index contributed by atoms with van der Waals surface area (Å²) in [7, 11) is 0. The van der Waals surface area contributed by atoms with E-state index >= 15 is 0 Å². The highest BCUT2D eigenvalue weighted by atomic mass is 19.3. The number of fused-ring (bicyclic) bond motifs is 3. The zero-order valence-electron chi connectivity index (χ0n) is 22.2. The van der Waals surface area contributed by atoms with Crippen LogP contribution in [0.2, 0.25) is 0 Å². The molecular formula is C29H32F2N2O6. The van der Waals surface area contributed by atoms with Gasteiger partial charge in [-0.1, -0.05) is 48.5 Å². The molecule has 2 aliphatic carbocycles. The van der Waals surface area contributed by atoms with E-state index in [0.717, 1.165) is 27.2 Å². The third-order valence-electron chi connectivity index (χ3n) is 7.73. The Morgan fingerprint density at radius 1 is 1.03 bits per heavy atom. The quantitative estimate of drug-likeness (QED) is 0.536. The molecule has 1 atom stereocenters. The number of aliphatic carboxylic acids is 1. The van der Waals surface area contributed by atoms with Crippen LogP contribution < -0.4 is 0 Å². The molecule has 1 unspecified atom stereocenters. The molecule has 2 aromatic carbocycles. The molecule has 1 heterocycles. The van der Waals surface area contributed by atoms with Gasteiger partial charge in [0, 0.05) is 37.8 Å². The number of carboxylic acid groups (broad SMARTS) is 1. The van der Waals surface area contributed by atoms with E-state index in [0.29, 0.717) is 0 Å². The predicted molar refractivity (Wildman–Crippen MR) is 138 cm³/mol. The first-order chi connectivity index (χ1) is 18.3. The Morgan fingerprint density at radius 2 is 1.59 bits per heavy atom. The average Bonchev–Trinajstić information content (AvgIpc) is 3.42. The molecule has 3 aliphatic rings. The minimum absolute atomic E-state index is 0.00250. The molecule has 1 N–H and O–H groups in total. The molecule has 1 aliphatic heterocycles. The van der Waals surface area contributed by atoms with Crippen molar-refractivity contribution in [3.63, 3.8) is 0 Å². The van der Waals surface area contributed by atoms with Crippen LogP contribution in [0.3, 0.4) is 0 Å². The lowest BCUT2D eigenvalue weighted by Crippen LogP contribution is -2.66. The summed E-state index contributed by atoms with van der Waals surface area (Å²) < 4.78 is 39.1. The highest BCUT2D eigenvalue weighted by Crippen LogP contribution is 2.47. The first kappa shape index (κ1) is 26.9. The van der Waals surface area contributed by atoms with E-state index in [2.05, 4.69) is 0 Å². The van der Waals surface area contributed by atoms with Gasteiger partial charge >= 0.3 is 18.2 Å². The second-order valence-corrected chi connectivity index (χ2v) is 11.6. The van der Waals surface area contributed by atoms with Gasteiger partial charge in [0.05, 0.1) is 6.54 Å². The molecule has 0 bridgehead atoms. The van der Waals surface area contributed by atoms with Crippen LogP contribution in [0.5, 0.6) is 0 Å². The van der Waals surface area contributed by atoms with Gasteiger partial charge in [0.2, 0.25) is 0 Å². The lowest BCUT2D eigenvalue weighted by molar-refractivity contribution is -0.165. The molecule has 0 aromatic heterocycles. The molecule has 1 saturated carbocycles. The number of hydrogen-bond donors (Lipinski definition) is 1. The molecule has 2 amide bonds. The molecular weight excluding hydrogens is 510 g/mol. The van der Waals surface area contributed by atoms with Crippen LogP contribution in [0.1, 0.15) is 57.1 Å². The summed E-state index contributed by atoms with van der Waals surface area (Å²) in [6.45, 7) is 4.58. The largest absolute Gasteiger partial charge is 0.479 e. The first-order valence-corrected chi connectivity index (χ1v) is 13.0. The van der Waals surface area contributed by atoms with Gasteiger partial charge in [0.15, 0.2) is 5.54 Å². The van der Waals surface area contributed by atoms with Crippen LogP contribution in [0.4, 0.5) is 18.4 Å². The lowest BCUT2D eigenvalue weighted by atomic mass is 9.82. The number of nitrogens with zero attached hydrogens (tertiary/aromatic N) is 2. The van der Waals surface area contributed by atoms with Crippen molar-refractivity contribution in [3.8, 4) is 11.1 Å². The summed E-state index contributed by atoms with van der Waals surface area (Å²) in [4.78, 5) is 41.2. The van der Waals surface area contributed by atoms with Gasteiger partial charge < -0.3 is 19.5 Å². The lowest BCUT2D eigenvalue weighted by Gasteiger charge is -2.48. The van der Waals surface area contributed by atoms with Crippen LogP contribution in [-0.2, 0) is 14.3 Å². The predicted octanol–water partition coefficient (Wildman–Crippen LogP) is 5.50. The van der Waals surface area contributed by atoms with Gasteiger partial charge in [-0.3, -0.25) is 4.90 Å². The maximum Gasteiger partial charge on any atom is 0.411 e. The molecule has 0 spiro atoms.